The largest absolute Gasteiger partial charge is 0.355 e. The molecule has 0 atom stereocenters. The van der Waals surface area contributed by atoms with Gasteiger partial charge in [-0.15, -0.1) is 0 Å². The molecule has 0 aliphatic heterocycles. The molecule has 0 fully saturated rings. The highest BCUT2D eigenvalue weighted by Gasteiger charge is 2.08. The summed E-state index contributed by atoms with van der Waals surface area (Å²) in [6, 6.07) is 5.53. The summed E-state index contributed by atoms with van der Waals surface area (Å²) in [4.78, 5) is 3.87. The molecule has 13 heavy (non-hydrogen) atoms. The molecule has 0 unspecified atom stereocenters. The smallest absolute Gasteiger partial charge is 0.184 e. The molecule has 4 heteroatoms. The first-order valence-corrected chi connectivity index (χ1v) is 3.67. The van der Waals surface area contributed by atoms with Crippen LogP contribution in [0.15, 0.2) is 35.2 Å². The van der Waals surface area contributed by atoms with Crippen molar-refractivity contribution in [3.05, 3.63) is 36.3 Å². The molecule has 0 amide bonds. The van der Waals surface area contributed by atoms with Crippen molar-refractivity contribution < 1.29 is 4.52 Å². The van der Waals surface area contributed by atoms with E-state index in [1.807, 2.05) is 6.07 Å². The first kappa shape index (κ1) is 7.50. The molecule has 2 heterocycles. The van der Waals surface area contributed by atoms with E-state index in [9.17, 15) is 0 Å². The summed E-state index contributed by atoms with van der Waals surface area (Å²) in [6.45, 7) is 0. The van der Waals surface area contributed by atoms with E-state index >= 15 is 0 Å². The molecule has 0 saturated heterocycles. The lowest BCUT2D eigenvalue weighted by Gasteiger charge is -1.92. The molecule has 2 rings (SSSR count). The van der Waals surface area contributed by atoms with Crippen LogP contribution < -0.4 is 0 Å². The normalized spacial score (nSPS) is 9.46. The van der Waals surface area contributed by atoms with Gasteiger partial charge in [-0.3, -0.25) is 4.98 Å². The maximum Gasteiger partial charge on any atom is 0.184 e. The van der Waals surface area contributed by atoms with Crippen LogP contribution >= 0.6 is 0 Å². The van der Waals surface area contributed by atoms with Crippen molar-refractivity contribution in [3.63, 3.8) is 0 Å². The second kappa shape index (κ2) is 3.07. The zero-order valence-electron chi connectivity index (χ0n) is 6.64. The Morgan fingerprint density at radius 2 is 2.08 bits per heavy atom. The molecule has 0 spiro atoms. The summed E-state index contributed by atoms with van der Waals surface area (Å²) in [7, 11) is 0. The van der Waals surface area contributed by atoms with Crippen LogP contribution in [0.4, 0.5) is 0 Å². The van der Waals surface area contributed by atoms with E-state index in [-0.39, 0.29) is 0 Å². The maximum absolute atomic E-state index is 8.70. The predicted molar refractivity (Wildman–Crippen MR) is 44.4 cm³/mol. The van der Waals surface area contributed by atoms with Gasteiger partial charge in [0.05, 0.1) is 6.20 Å². The van der Waals surface area contributed by atoms with Gasteiger partial charge in [-0.2, -0.15) is 5.26 Å². The van der Waals surface area contributed by atoms with Gasteiger partial charge < -0.3 is 4.52 Å². The number of nitrogens with zero attached hydrogens (tertiary/aromatic N) is 3. The maximum atomic E-state index is 8.70. The third kappa shape index (κ3) is 1.27. The fraction of sp³-hybridized carbons (Fsp3) is 0. The van der Waals surface area contributed by atoms with E-state index in [1.54, 1.807) is 24.5 Å². The van der Waals surface area contributed by atoms with Crippen molar-refractivity contribution in [3.8, 4) is 17.4 Å². The second-order valence-corrected chi connectivity index (χ2v) is 2.42. The Labute approximate surface area is 74.4 Å². The number of pyridine rings is 1. The lowest BCUT2D eigenvalue weighted by atomic mass is 10.1. The molecule has 0 aliphatic carbocycles. The molecule has 0 N–H and O–H groups in total. The van der Waals surface area contributed by atoms with E-state index in [2.05, 4.69) is 10.1 Å². The average Bonchev–Trinajstić information content (AvgIpc) is 2.67. The van der Waals surface area contributed by atoms with Crippen molar-refractivity contribution in [2.24, 2.45) is 0 Å². The van der Waals surface area contributed by atoms with Crippen molar-refractivity contribution in [1.29, 1.82) is 5.26 Å². The third-order valence-corrected chi connectivity index (χ3v) is 1.63. The standard InChI is InChI=1S/C9H5N3O/c10-5-8-6-12-13-9(8)7-1-3-11-4-2-7/h1-4,6H. The molecule has 0 radical (unpaired) electrons. The van der Waals surface area contributed by atoms with Crippen LogP contribution in [-0.4, -0.2) is 10.1 Å². The summed E-state index contributed by atoms with van der Waals surface area (Å²) < 4.78 is 4.94. The van der Waals surface area contributed by atoms with Crippen LogP contribution in [-0.2, 0) is 0 Å². The number of rotatable bonds is 1. The van der Waals surface area contributed by atoms with Gasteiger partial charge in [-0.05, 0) is 12.1 Å². The van der Waals surface area contributed by atoms with Crippen molar-refractivity contribution in [1.82, 2.24) is 10.1 Å². The molecule has 0 aromatic carbocycles. The fourth-order valence-corrected chi connectivity index (χ4v) is 1.03. The Hall–Kier alpha value is -2.15. The van der Waals surface area contributed by atoms with E-state index < -0.39 is 0 Å². The summed E-state index contributed by atoms with van der Waals surface area (Å²) in [5, 5.41) is 12.3. The van der Waals surface area contributed by atoms with Crippen LogP contribution in [0.1, 0.15) is 5.56 Å². The molecule has 0 saturated carbocycles. The molecular weight excluding hydrogens is 166 g/mol. The van der Waals surface area contributed by atoms with Gasteiger partial charge in [0.25, 0.3) is 0 Å². The van der Waals surface area contributed by atoms with Crippen LogP contribution in [0.25, 0.3) is 11.3 Å². The molecule has 0 bridgehead atoms. The fourth-order valence-electron chi connectivity index (χ4n) is 1.03. The molecular formula is C9H5N3O. The monoisotopic (exact) mass is 171 g/mol. The van der Waals surface area contributed by atoms with Crippen molar-refractivity contribution in [2.75, 3.05) is 0 Å². The van der Waals surface area contributed by atoms with Gasteiger partial charge in [-0.1, -0.05) is 5.16 Å². The van der Waals surface area contributed by atoms with Gasteiger partial charge in [0.2, 0.25) is 0 Å². The highest BCUT2D eigenvalue weighted by Crippen LogP contribution is 2.21. The molecule has 2 aromatic rings. The van der Waals surface area contributed by atoms with Crippen LogP contribution in [0.3, 0.4) is 0 Å². The van der Waals surface area contributed by atoms with Crippen LogP contribution in [0, 0.1) is 11.3 Å². The zero-order valence-corrected chi connectivity index (χ0v) is 6.64. The number of hydrogen-bond donors (Lipinski definition) is 0. The Balaban J connectivity index is 2.54. The van der Waals surface area contributed by atoms with E-state index in [1.165, 1.54) is 6.20 Å². The summed E-state index contributed by atoms with van der Waals surface area (Å²) >= 11 is 0. The predicted octanol–water partition coefficient (Wildman–Crippen LogP) is 1.61. The minimum atomic E-state index is 0.436. The quantitative estimate of drug-likeness (QED) is 0.653. The SMILES string of the molecule is N#Cc1cnoc1-c1ccncc1. The second-order valence-electron chi connectivity index (χ2n) is 2.42. The molecule has 2 aromatic heterocycles. The Morgan fingerprint density at radius 3 is 2.77 bits per heavy atom. The molecule has 62 valence electrons. The Kier molecular flexibility index (Phi) is 1.77. The van der Waals surface area contributed by atoms with Crippen molar-refractivity contribution >= 4 is 0 Å². The zero-order chi connectivity index (χ0) is 9.10. The van der Waals surface area contributed by atoms with Gasteiger partial charge in [-0.25, -0.2) is 0 Å². The van der Waals surface area contributed by atoms with Gasteiger partial charge >= 0.3 is 0 Å². The lowest BCUT2D eigenvalue weighted by molar-refractivity contribution is 0.432. The minimum Gasteiger partial charge on any atom is -0.355 e. The number of nitriles is 1. The van der Waals surface area contributed by atoms with Gasteiger partial charge in [0, 0.05) is 18.0 Å². The van der Waals surface area contributed by atoms with Crippen LogP contribution in [0.2, 0.25) is 0 Å². The van der Waals surface area contributed by atoms with E-state index in [0.29, 0.717) is 11.3 Å². The first-order chi connectivity index (χ1) is 6.42. The summed E-state index contributed by atoms with van der Waals surface area (Å²) in [5.41, 5.74) is 1.25. The molecule has 0 aliphatic rings. The number of aromatic nitrogens is 2. The summed E-state index contributed by atoms with van der Waals surface area (Å²) in [5.74, 6) is 0.491. The first-order valence-electron chi connectivity index (χ1n) is 3.67. The lowest BCUT2D eigenvalue weighted by Crippen LogP contribution is -1.78. The average molecular weight is 171 g/mol. The molecule has 4 nitrogen and oxygen atoms in total. The van der Waals surface area contributed by atoms with Gasteiger partial charge in [0.15, 0.2) is 5.76 Å². The third-order valence-electron chi connectivity index (χ3n) is 1.63. The topological polar surface area (TPSA) is 62.7 Å². The Bertz CT molecular complexity index is 441. The highest BCUT2D eigenvalue weighted by atomic mass is 16.5. The summed E-state index contributed by atoms with van der Waals surface area (Å²) in [6.07, 6.45) is 4.67. The van der Waals surface area contributed by atoms with Crippen LogP contribution in [0.5, 0.6) is 0 Å². The highest BCUT2D eigenvalue weighted by molar-refractivity contribution is 5.63. The van der Waals surface area contributed by atoms with Gasteiger partial charge in [0.1, 0.15) is 11.6 Å². The van der Waals surface area contributed by atoms with E-state index in [0.717, 1.165) is 5.56 Å². The Morgan fingerprint density at radius 1 is 1.31 bits per heavy atom. The van der Waals surface area contributed by atoms with Crippen molar-refractivity contribution in [2.45, 2.75) is 0 Å². The van der Waals surface area contributed by atoms with E-state index in [4.69, 9.17) is 9.78 Å². The number of hydrogen-bond acceptors (Lipinski definition) is 4. The minimum absolute atomic E-state index is 0.436.